The van der Waals surface area contributed by atoms with Crippen LogP contribution in [-0.4, -0.2) is 30.4 Å². The number of benzene rings is 3. The van der Waals surface area contributed by atoms with Crippen molar-refractivity contribution < 1.29 is 22.3 Å². The first-order valence-electron chi connectivity index (χ1n) is 9.49. The summed E-state index contributed by atoms with van der Waals surface area (Å²) >= 11 is 12.6. The summed E-state index contributed by atoms with van der Waals surface area (Å²) in [5.74, 6) is -1.58. The highest BCUT2D eigenvalue weighted by Crippen LogP contribution is 2.32. The number of nitrogens with one attached hydrogen (secondary N) is 1. The molecule has 0 aliphatic carbocycles. The van der Waals surface area contributed by atoms with E-state index in [2.05, 4.69) is 5.10 Å². The van der Waals surface area contributed by atoms with E-state index < -0.39 is 27.3 Å². The lowest BCUT2D eigenvalue weighted by Gasteiger charge is -2.11. The van der Waals surface area contributed by atoms with E-state index in [1.807, 2.05) is 30.3 Å². The van der Waals surface area contributed by atoms with Crippen molar-refractivity contribution in [2.75, 3.05) is 6.26 Å². The molecule has 0 radical (unpaired) electrons. The van der Waals surface area contributed by atoms with Gasteiger partial charge in [0.15, 0.2) is 5.15 Å². The van der Waals surface area contributed by atoms with Crippen LogP contribution in [0, 0.1) is 5.82 Å². The molecular formula is C22H16Cl2FN3O4S. The predicted molar refractivity (Wildman–Crippen MR) is 124 cm³/mol. The molecule has 4 rings (SSSR count). The van der Waals surface area contributed by atoms with Crippen molar-refractivity contribution in [2.24, 2.45) is 0 Å². The predicted octanol–water partition coefficient (Wildman–Crippen LogP) is 4.74. The Morgan fingerprint density at radius 3 is 2.55 bits per heavy atom. The molecule has 0 atom stereocenters. The summed E-state index contributed by atoms with van der Waals surface area (Å²) in [6, 6.07) is 16.8. The first kappa shape index (κ1) is 23.0. The highest BCUT2D eigenvalue weighted by Gasteiger charge is 2.21. The Balaban J connectivity index is 1.71. The molecule has 0 unspecified atom stereocenters. The molecule has 1 N–H and O–H groups in total. The van der Waals surface area contributed by atoms with E-state index in [4.69, 9.17) is 27.9 Å². The van der Waals surface area contributed by atoms with Gasteiger partial charge in [0.1, 0.15) is 18.2 Å². The maximum Gasteiger partial charge on any atom is 0.267 e. The van der Waals surface area contributed by atoms with Crippen molar-refractivity contribution in [3.8, 4) is 11.4 Å². The molecular weight excluding hydrogens is 492 g/mol. The van der Waals surface area contributed by atoms with Crippen molar-refractivity contribution in [3.05, 3.63) is 87.8 Å². The van der Waals surface area contributed by atoms with Crippen molar-refractivity contribution in [1.29, 1.82) is 0 Å². The van der Waals surface area contributed by atoms with E-state index in [9.17, 15) is 17.6 Å². The summed E-state index contributed by atoms with van der Waals surface area (Å²) < 4.78 is 46.2. The molecule has 0 aliphatic heterocycles. The number of ether oxygens (including phenoxy) is 1. The van der Waals surface area contributed by atoms with E-state index in [1.54, 1.807) is 22.9 Å². The van der Waals surface area contributed by atoms with E-state index in [0.717, 1.165) is 24.0 Å². The number of aromatic nitrogens is 2. The van der Waals surface area contributed by atoms with Crippen LogP contribution in [0.2, 0.25) is 10.2 Å². The van der Waals surface area contributed by atoms with Crippen molar-refractivity contribution in [3.63, 3.8) is 0 Å². The third kappa shape index (κ3) is 5.11. The second-order valence-corrected chi connectivity index (χ2v) is 9.66. The molecule has 0 saturated carbocycles. The Kier molecular flexibility index (Phi) is 6.29. The van der Waals surface area contributed by atoms with Crippen LogP contribution in [0.4, 0.5) is 4.39 Å². The number of nitrogens with zero attached hydrogens (tertiary/aromatic N) is 2. The topological polar surface area (TPSA) is 90.3 Å². The van der Waals surface area contributed by atoms with Gasteiger partial charge < -0.3 is 4.74 Å². The fraction of sp³-hybridized carbons (Fsp3) is 0.0909. The molecule has 0 fully saturated rings. The van der Waals surface area contributed by atoms with Crippen molar-refractivity contribution in [2.45, 2.75) is 6.61 Å². The smallest absolute Gasteiger partial charge is 0.267 e. The zero-order valence-corrected chi connectivity index (χ0v) is 19.4. The fourth-order valence-electron chi connectivity index (χ4n) is 3.17. The Morgan fingerprint density at radius 1 is 1.12 bits per heavy atom. The van der Waals surface area contributed by atoms with Gasteiger partial charge in [-0.2, -0.15) is 5.10 Å². The molecule has 1 heterocycles. The van der Waals surface area contributed by atoms with Crippen molar-refractivity contribution in [1.82, 2.24) is 14.5 Å². The highest BCUT2D eigenvalue weighted by atomic mass is 35.5. The lowest BCUT2D eigenvalue weighted by atomic mass is 10.1. The second kappa shape index (κ2) is 9.01. The number of hydrogen-bond donors (Lipinski definition) is 1. The number of carbonyl (C=O) groups excluding carboxylic acids is 1. The van der Waals surface area contributed by atoms with E-state index in [-0.39, 0.29) is 15.9 Å². The van der Waals surface area contributed by atoms with Gasteiger partial charge in [-0.3, -0.25) is 4.79 Å². The Hall–Kier alpha value is -3.14. The number of hydrogen-bond acceptors (Lipinski definition) is 5. The average Bonchev–Trinajstić information content (AvgIpc) is 3.08. The van der Waals surface area contributed by atoms with Gasteiger partial charge in [-0.25, -0.2) is 22.2 Å². The van der Waals surface area contributed by atoms with E-state index >= 15 is 0 Å². The fourth-order valence-corrected chi connectivity index (χ4v) is 4.09. The molecule has 3 aromatic carbocycles. The molecule has 0 saturated heterocycles. The number of sulfonamides is 1. The number of halogens is 3. The largest absolute Gasteiger partial charge is 0.489 e. The summed E-state index contributed by atoms with van der Waals surface area (Å²) in [5, 5.41) is 4.94. The van der Waals surface area contributed by atoms with Crippen LogP contribution in [0.1, 0.15) is 15.9 Å². The first-order valence-corrected chi connectivity index (χ1v) is 12.1. The molecule has 0 aliphatic rings. The third-order valence-corrected chi connectivity index (χ3v) is 5.78. The van der Waals surface area contributed by atoms with Gasteiger partial charge in [0.25, 0.3) is 5.91 Å². The van der Waals surface area contributed by atoms with Gasteiger partial charge >= 0.3 is 0 Å². The lowest BCUT2D eigenvalue weighted by molar-refractivity contribution is 0.0978. The minimum Gasteiger partial charge on any atom is -0.489 e. The number of amides is 1. The molecule has 0 spiro atoms. The molecule has 4 aromatic rings. The molecule has 1 aromatic heterocycles. The second-order valence-electron chi connectivity index (χ2n) is 7.14. The van der Waals surface area contributed by atoms with Crippen LogP contribution in [0.25, 0.3) is 16.6 Å². The number of carbonyl (C=O) groups is 1. The standard InChI is InChI=1S/C22H16Cl2FN3O4S/c1-33(30,31)27-22(29)16-10-17(23)20(11-18(16)25)28-19-9-14(7-8-15(19)21(24)26-28)32-12-13-5-3-2-4-6-13/h2-11H,12H2,1H3,(H,27,29). The zero-order chi connectivity index (χ0) is 23.8. The number of fused-ring (bicyclic) bond motifs is 1. The maximum absolute atomic E-state index is 14.7. The molecule has 170 valence electrons. The summed E-state index contributed by atoms with van der Waals surface area (Å²) in [4.78, 5) is 12.1. The SMILES string of the molecule is CS(=O)(=O)NC(=O)c1cc(Cl)c(-n2nc(Cl)c3ccc(OCc4ccccc4)cc32)cc1F. The average molecular weight is 508 g/mol. The lowest BCUT2D eigenvalue weighted by Crippen LogP contribution is -2.30. The normalized spacial score (nSPS) is 11.5. The van der Waals surface area contributed by atoms with Crippen LogP contribution >= 0.6 is 23.2 Å². The number of rotatable bonds is 6. The summed E-state index contributed by atoms with van der Waals surface area (Å²) in [6.45, 7) is 0.341. The Labute approximate surface area is 198 Å². The third-order valence-electron chi connectivity index (χ3n) is 4.64. The minimum absolute atomic E-state index is 0.0354. The van der Waals surface area contributed by atoms with Gasteiger partial charge in [0.2, 0.25) is 10.0 Å². The zero-order valence-electron chi connectivity index (χ0n) is 17.1. The van der Waals surface area contributed by atoms with Crippen LogP contribution < -0.4 is 9.46 Å². The van der Waals surface area contributed by atoms with E-state index in [1.165, 1.54) is 4.68 Å². The maximum atomic E-state index is 14.7. The molecule has 1 amide bonds. The van der Waals surface area contributed by atoms with Gasteiger partial charge in [0.05, 0.1) is 28.0 Å². The Morgan fingerprint density at radius 2 is 1.85 bits per heavy atom. The van der Waals surface area contributed by atoms with Gasteiger partial charge in [-0.1, -0.05) is 53.5 Å². The highest BCUT2D eigenvalue weighted by molar-refractivity contribution is 7.89. The van der Waals surface area contributed by atoms with Crippen LogP contribution in [0.15, 0.2) is 60.7 Å². The monoisotopic (exact) mass is 507 g/mol. The van der Waals surface area contributed by atoms with Crippen LogP contribution in [0.3, 0.4) is 0 Å². The molecule has 11 heteroatoms. The molecule has 0 bridgehead atoms. The minimum atomic E-state index is -3.88. The van der Waals surface area contributed by atoms with Gasteiger partial charge in [0, 0.05) is 17.5 Å². The van der Waals surface area contributed by atoms with Crippen molar-refractivity contribution >= 4 is 50.0 Å². The summed E-state index contributed by atoms with van der Waals surface area (Å²) in [7, 11) is -3.88. The first-order chi connectivity index (χ1) is 15.6. The summed E-state index contributed by atoms with van der Waals surface area (Å²) in [6.07, 6.45) is 0.786. The van der Waals surface area contributed by atoms with Crippen LogP contribution in [-0.2, 0) is 16.6 Å². The van der Waals surface area contributed by atoms with Gasteiger partial charge in [-0.05, 0) is 23.8 Å². The molecule has 7 nitrogen and oxygen atoms in total. The Bertz CT molecular complexity index is 1470. The van der Waals surface area contributed by atoms with Crippen LogP contribution in [0.5, 0.6) is 5.75 Å². The van der Waals surface area contributed by atoms with Gasteiger partial charge in [-0.15, -0.1) is 0 Å². The quantitative estimate of drug-likeness (QED) is 0.407. The summed E-state index contributed by atoms with van der Waals surface area (Å²) in [5.41, 5.74) is 1.07. The molecule has 33 heavy (non-hydrogen) atoms. The van der Waals surface area contributed by atoms with E-state index in [0.29, 0.717) is 23.3 Å².